The molecule has 2 rings (SSSR count). The Balaban J connectivity index is 0.00000242. The number of hydrogen-bond acceptors (Lipinski definition) is 3. The number of thioether (sulfide) groups is 1. The van der Waals surface area contributed by atoms with Gasteiger partial charge in [-0.2, -0.15) is 13.2 Å². The summed E-state index contributed by atoms with van der Waals surface area (Å²) in [4.78, 5) is 14.2. The summed E-state index contributed by atoms with van der Waals surface area (Å²) in [5.41, 5.74) is 5.08. The third-order valence-corrected chi connectivity index (χ3v) is 4.39. The molecule has 3 nitrogen and oxygen atoms in total. The largest absolute Gasteiger partial charge is 0.416 e. The van der Waals surface area contributed by atoms with Gasteiger partial charge in [0, 0.05) is 24.0 Å². The van der Waals surface area contributed by atoms with E-state index in [4.69, 9.17) is 5.73 Å². The van der Waals surface area contributed by atoms with Gasteiger partial charge in [0.05, 0.1) is 11.3 Å². The number of nitrogens with zero attached hydrogens (tertiary/aromatic N) is 1. The highest BCUT2D eigenvalue weighted by Gasteiger charge is 2.30. The highest BCUT2D eigenvalue weighted by Crippen LogP contribution is 2.31. The monoisotopic (exact) mass is 354 g/mol. The third-order valence-electron chi connectivity index (χ3n) is 3.42. The zero-order valence-electron chi connectivity index (χ0n) is 11.8. The van der Waals surface area contributed by atoms with Crippen molar-refractivity contribution < 1.29 is 18.0 Å². The molecule has 1 aromatic carbocycles. The average molecular weight is 355 g/mol. The topological polar surface area (TPSA) is 46.3 Å². The Morgan fingerprint density at radius 2 is 1.95 bits per heavy atom. The second-order valence-electron chi connectivity index (χ2n) is 5.03. The van der Waals surface area contributed by atoms with Crippen molar-refractivity contribution in [2.75, 3.05) is 18.8 Å². The Labute approximate surface area is 137 Å². The van der Waals surface area contributed by atoms with Crippen LogP contribution in [-0.4, -0.2) is 35.7 Å². The van der Waals surface area contributed by atoms with Gasteiger partial charge in [-0.3, -0.25) is 4.79 Å². The molecule has 0 spiro atoms. The van der Waals surface area contributed by atoms with Crippen LogP contribution in [0.1, 0.15) is 18.4 Å². The van der Waals surface area contributed by atoms with Gasteiger partial charge in [0.15, 0.2) is 0 Å². The molecule has 1 aromatic rings. The van der Waals surface area contributed by atoms with E-state index in [9.17, 15) is 18.0 Å². The smallest absolute Gasteiger partial charge is 0.342 e. The van der Waals surface area contributed by atoms with E-state index in [-0.39, 0.29) is 30.1 Å². The van der Waals surface area contributed by atoms with Crippen molar-refractivity contribution in [3.8, 4) is 0 Å². The van der Waals surface area contributed by atoms with Crippen LogP contribution in [0.25, 0.3) is 0 Å². The minimum Gasteiger partial charge on any atom is -0.342 e. The molecule has 1 aliphatic heterocycles. The highest BCUT2D eigenvalue weighted by atomic mass is 35.5. The van der Waals surface area contributed by atoms with Crippen molar-refractivity contribution in [3.05, 3.63) is 29.8 Å². The highest BCUT2D eigenvalue weighted by molar-refractivity contribution is 8.00. The van der Waals surface area contributed by atoms with Gasteiger partial charge in [-0.25, -0.2) is 0 Å². The molecule has 1 fully saturated rings. The van der Waals surface area contributed by atoms with Gasteiger partial charge >= 0.3 is 6.18 Å². The summed E-state index contributed by atoms with van der Waals surface area (Å²) < 4.78 is 37.8. The fraction of sp³-hybridized carbons (Fsp3) is 0.500. The SMILES string of the molecule is Cl.NC1CCN(C(=O)CSc2cccc(C(F)(F)F)c2)CC1. The lowest BCUT2D eigenvalue weighted by molar-refractivity contribution is -0.137. The van der Waals surface area contributed by atoms with E-state index in [1.54, 1.807) is 11.0 Å². The van der Waals surface area contributed by atoms with Crippen LogP contribution < -0.4 is 5.73 Å². The number of carbonyl (C=O) groups is 1. The quantitative estimate of drug-likeness (QED) is 0.848. The molecule has 1 saturated heterocycles. The third kappa shape index (κ3) is 5.37. The first-order valence-electron chi connectivity index (χ1n) is 6.69. The molecule has 0 atom stereocenters. The zero-order valence-corrected chi connectivity index (χ0v) is 13.4. The van der Waals surface area contributed by atoms with Crippen molar-refractivity contribution in [2.45, 2.75) is 30.0 Å². The summed E-state index contributed by atoms with van der Waals surface area (Å²) in [5.74, 6) is 0.0978. The van der Waals surface area contributed by atoms with E-state index in [2.05, 4.69) is 0 Å². The zero-order chi connectivity index (χ0) is 15.5. The predicted octanol–water partition coefficient (Wildman–Crippen LogP) is 3.17. The maximum atomic E-state index is 12.6. The summed E-state index contributed by atoms with van der Waals surface area (Å²) in [6, 6.07) is 5.18. The molecule has 0 unspecified atom stereocenters. The number of alkyl halides is 3. The molecule has 1 amide bonds. The fourth-order valence-electron chi connectivity index (χ4n) is 2.15. The van der Waals surface area contributed by atoms with Gasteiger partial charge in [-0.1, -0.05) is 6.07 Å². The lowest BCUT2D eigenvalue weighted by Gasteiger charge is -2.30. The standard InChI is InChI=1S/C14H17F3N2OS.ClH/c15-14(16,17)10-2-1-3-12(8-10)21-9-13(20)19-6-4-11(18)5-7-19;/h1-3,8,11H,4-7,9,18H2;1H. The van der Waals surface area contributed by atoms with Gasteiger partial charge < -0.3 is 10.6 Å². The summed E-state index contributed by atoms with van der Waals surface area (Å²) in [6.07, 6.45) is -2.80. The molecule has 22 heavy (non-hydrogen) atoms. The van der Waals surface area contributed by atoms with Crippen LogP contribution in [0.15, 0.2) is 29.2 Å². The maximum absolute atomic E-state index is 12.6. The number of nitrogens with two attached hydrogens (primary N) is 1. The molecule has 2 N–H and O–H groups in total. The van der Waals surface area contributed by atoms with Crippen LogP contribution in [0.2, 0.25) is 0 Å². The molecular formula is C14H18ClF3N2OS. The van der Waals surface area contributed by atoms with Crippen LogP contribution >= 0.6 is 24.2 Å². The van der Waals surface area contributed by atoms with Crippen LogP contribution in [0.4, 0.5) is 13.2 Å². The second kappa shape index (κ2) is 8.08. The van der Waals surface area contributed by atoms with Crippen molar-refractivity contribution in [3.63, 3.8) is 0 Å². The number of piperidine rings is 1. The van der Waals surface area contributed by atoms with Crippen molar-refractivity contribution in [1.82, 2.24) is 4.90 Å². The predicted molar refractivity (Wildman–Crippen MR) is 83.2 cm³/mol. The molecule has 1 aliphatic rings. The molecule has 0 radical (unpaired) electrons. The normalized spacial score (nSPS) is 16.3. The van der Waals surface area contributed by atoms with Crippen molar-refractivity contribution in [1.29, 1.82) is 0 Å². The lowest BCUT2D eigenvalue weighted by Crippen LogP contribution is -2.43. The second-order valence-corrected chi connectivity index (χ2v) is 6.08. The Morgan fingerprint density at radius 1 is 1.32 bits per heavy atom. The number of rotatable bonds is 3. The van der Waals surface area contributed by atoms with E-state index < -0.39 is 11.7 Å². The lowest BCUT2D eigenvalue weighted by atomic mass is 10.1. The van der Waals surface area contributed by atoms with Gasteiger partial charge in [0.1, 0.15) is 0 Å². The fourth-order valence-corrected chi connectivity index (χ4v) is 3.01. The van der Waals surface area contributed by atoms with E-state index in [0.717, 1.165) is 36.7 Å². The minimum absolute atomic E-state index is 0. The molecule has 0 bridgehead atoms. The Hall–Kier alpha value is -0.920. The minimum atomic E-state index is -4.36. The van der Waals surface area contributed by atoms with Crippen LogP contribution in [0.3, 0.4) is 0 Å². The molecule has 0 aromatic heterocycles. The number of hydrogen-bond donors (Lipinski definition) is 1. The maximum Gasteiger partial charge on any atom is 0.416 e. The van der Waals surface area contributed by atoms with Crippen LogP contribution in [0.5, 0.6) is 0 Å². The summed E-state index contributed by atoms with van der Waals surface area (Å²) in [6.45, 7) is 1.26. The van der Waals surface area contributed by atoms with Crippen LogP contribution in [-0.2, 0) is 11.0 Å². The van der Waals surface area contributed by atoms with E-state index in [1.807, 2.05) is 0 Å². The Kier molecular flexibility index (Phi) is 7.02. The molecule has 0 saturated carbocycles. The summed E-state index contributed by atoms with van der Waals surface area (Å²) in [7, 11) is 0. The van der Waals surface area contributed by atoms with Gasteiger partial charge in [0.2, 0.25) is 5.91 Å². The number of likely N-dealkylation sites (tertiary alicyclic amines) is 1. The van der Waals surface area contributed by atoms with E-state index in [1.165, 1.54) is 6.07 Å². The Bertz CT molecular complexity index is 505. The van der Waals surface area contributed by atoms with Gasteiger partial charge in [0.25, 0.3) is 0 Å². The molecular weight excluding hydrogens is 337 g/mol. The summed E-state index contributed by atoms with van der Waals surface area (Å²) in [5, 5.41) is 0. The van der Waals surface area contributed by atoms with Gasteiger partial charge in [-0.05, 0) is 31.0 Å². The Morgan fingerprint density at radius 3 is 2.55 bits per heavy atom. The first kappa shape index (κ1) is 19.1. The van der Waals surface area contributed by atoms with E-state index in [0.29, 0.717) is 18.0 Å². The number of benzene rings is 1. The number of amides is 1. The first-order valence-corrected chi connectivity index (χ1v) is 7.68. The number of carbonyl (C=O) groups excluding carboxylic acids is 1. The molecule has 1 heterocycles. The van der Waals surface area contributed by atoms with Crippen LogP contribution in [0, 0.1) is 0 Å². The van der Waals surface area contributed by atoms with Crippen molar-refractivity contribution >= 4 is 30.1 Å². The average Bonchev–Trinajstić information content (AvgIpc) is 2.45. The van der Waals surface area contributed by atoms with E-state index >= 15 is 0 Å². The van der Waals surface area contributed by atoms with Gasteiger partial charge in [-0.15, -0.1) is 24.2 Å². The first-order chi connectivity index (χ1) is 9.86. The molecule has 0 aliphatic carbocycles. The summed E-state index contributed by atoms with van der Waals surface area (Å²) >= 11 is 1.13. The molecule has 8 heteroatoms. The van der Waals surface area contributed by atoms with Crippen molar-refractivity contribution in [2.24, 2.45) is 5.73 Å². The molecule has 124 valence electrons. The number of halogens is 4.